The highest BCUT2D eigenvalue weighted by atomic mass is 32.1. The molecule has 3 aromatic carbocycles. The Labute approximate surface area is 187 Å². The molecule has 2 nitrogen and oxygen atoms in total. The fourth-order valence-electron chi connectivity index (χ4n) is 4.89. The highest BCUT2D eigenvalue weighted by molar-refractivity contribution is 7.09. The lowest BCUT2D eigenvalue weighted by Gasteiger charge is -2.31. The van der Waals surface area contributed by atoms with E-state index in [0.29, 0.717) is 6.54 Å². The van der Waals surface area contributed by atoms with Crippen LogP contribution in [0.2, 0.25) is 0 Å². The molecule has 0 radical (unpaired) electrons. The lowest BCUT2D eigenvalue weighted by Crippen LogP contribution is -2.44. The Morgan fingerprint density at radius 1 is 0.774 bits per heavy atom. The monoisotopic (exact) mass is 423 g/mol. The highest BCUT2D eigenvalue weighted by Gasteiger charge is 2.48. The first kappa shape index (κ1) is 19.8. The van der Waals surface area contributed by atoms with Crippen molar-refractivity contribution in [1.29, 1.82) is 0 Å². The van der Waals surface area contributed by atoms with E-state index in [-0.39, 0.29) is 5.91 Å². The minimum atomic E-state index is -0.654. The minimum Gasteiger partial charge on any atom is -0.350 e. The number of hydrogen-bond donors (Lipinski definition) is 1. The standard InChI is InChI=1S/C28H25NOS/c30-27(29-20-22-13-9-19-31-22)28(18-8-12-21-10-2-1-3-11-21)25-16-6-4-14-23(25)24-15-5-7-17-26(24)28/h1-7,9-11,13-17,19H,8,12,18,20H2,(H,29,30). The van der Waals surface area contributed by atoms with E-state index < -0.39 is 5.41 Å². The van der Waals surface area contributed by atoms with Gasteiger partial charge in [0, 0.05) is 4.88 Å². The molecule has 4 aromatic rings. The molecule has 1 aromatic heterocycles. The molecule has 0 atom stereocenters. The van der Waals surface area contributed by atoms with E-state index in [0.717, 1.165) is 30.4 Å². The lowest BCUT2D eigenvalue weighted by atomic mass is 9.73. The van der Waals surface area contributed by atoms with E-state index in [1.54, 1.807) is 11.3 Å². The molecule has 1 N–H and O–H groups in total. The second-order valence-corrected chi connectivity index (χ2v) is 9.13. The summed E-state index contributed by atoms with van der Waals surface area (Å²) in [6.45, 7) is 0.571. The van der Waals surface area contributed by atoms with Gasteiger partial charge >= 0.3 is 0 Å². The number of hydrogen-bond acceptors (Lipinski definition) is 2. The number of thiophene rings is 1. The molecule has 5 rings (SSSR count). The number of aryl methyl sites for hydroxylation is 1. The van der Waals surface area contributed by atoms with Gasteiger partial charge in [-0.15, -0.1) is 11.3 Å². The van der Waals surface area contributed by atoms with Crippen LogP contribution in [-0.2, 0) is 23.2 Å². The van der Waals surface area contributed by atoms with Crippen LogP contribution >= 0.6 is 11.3 Å². The van der Waals surface area contributed by atoms with E-state index in [2.05, 4.69) is 89.6 Å². The second kappa shape index (κ2) is 8.52. The predicted octanol–water partition coefficient (Wildman–Crippen LogP) is 6.35. The van der Waals surface area contributed by atoms with Crippen LogP contribution in [0, 0.1) is 0 Å². The molecule has 0 aliphatic heterocycles. The predicted molar refractivity (Wildman–Crippen MR) is 128 cm³/mol. The molecule has 1 aliphatic carbocycles. The Balaban J connectivity index is 1.52. The van der Waals surface area contributed by atoms with Crippen LogP contribution in [0.5, 0.6) is 0 Å². The van der Waals surface area contributed by atoms with E-state index in [1.807, 2.05) is 12.1 Å². The summed E-state index contributed by atoms with van der Waals surface area (Å²) in [5, 5.41) is 5.32. The SMILES string of the molecule is O=C(NCc1cccs1)C1(CCCc2ccccc2)c2ccccc2-c2ccccc21. The molecular weight excluding hydrogens is 398 g/mol. The average molecular weight is 424 g/mol. The second-order valence-electron chi connectivity index (χ2n) is 8.10. The Bertz CT molecular complexity index is 1140. The normalized spacial score (nSPS) is 13.4. The number of nitrogens with one attached hydrogen (secondary N) is 1. The van der Waals surface area contributed by atoms with Gasteiger partial charge in [-0.3, -0.25) is 4.79 Å². The Morgan fingerprint density at radius 3 is 2.06 bits per heavy atom. The van der Waals surface area contributed by atoms with Crippen LogP contribution in [0.25, 0.3) is 11.1 Å². The van der Waals surface area contributed by atoms with Gasteiger partial charge in [0.25, 0.3) is 0 Å². The van der Waals surface area contributed by atoms with Crippen LogP contribution in [-0.4, -0.2) is 5.91 Å². The Morgan fingerprint density at radius 2 is 1.42 bits per heavy atom. The maximum atomic E-state index is 13.9. The van der Waals surface area contributed by atoms with Gasteiger partial charge in [0.2, 0.25) is 5.91 Å². The fraction of sp³-hybridized carbons (Fsp3) is 0.179. The van der Waals surface area contributed by atoms with Crippen molar-refractivity contribution in [2.75, 3.05) is 0 Å². The van der Waals surface area contributed by atoms with E-state index >= 15 is 0 Å². The van der Waals surface area contributed by atoms with Crippen molar-refractivity contribution in [3.8, 4) is 11.1 Å². The number of carbonyl (C=O) groups is 1. The Kier molecular flexibility index (Phi) is 5.44. The minimum absolute atomic E-state index is 0.103. The van der Waals surface area contributed by atoms with Gasteiger partial charge in [-0.25, -0.2) is 0 Å². The molecule has 0 spiro atoms. The molecule has 1 amide bonds. The maximum Gasteiger partial charge on any atom is 0.235 e. The summed E-state index contributed by atoms with van der Waals surface area (Å²) < 4.78 is 0. The summed E-state index contributed by atoms with van der Waals surface area (Å²) >= 11 is 1.68. The van der Waals surface area contributed by atoms with E-state index in [1.165, 1.54) is 21.6 Å². The molecule has 1 aliphatic rings. The van der Waals surface area contributed by atoms with Gasteiger partial charge in [0.15, 0.2) is 0 Å². The van der Waals surface area contributed by atoms with Crippen LogP contribution in [0.4, 0.5) is 0 Å². The van der Waals surface area contributed by atoms with E-state index in [4.69, 9.17) is 0 Å². The summed E-state index contributed by atoms with van der Waals surface area (Å²) in [6, 6.07) is 31.5. The van der Waals surface area contributed by atoms with Crippen molar-refractivity contribution in [2.24, 2.45) is 0 Å². The molecule has 154 valence electrons. The summed E-state index contributed by atoms with van der Waals surface area (Å²) in [6.07, 6.45) is 2.69. The number of rotatable bonds is 7. The molecule has 31 heavy (non-hydrogen) atoms. The average Bonchev–Trinajstić information content (AvgIpc) is 3.44. The van der Waals surface area contributed by atoms with Crippen LogP contribution in [0.1, 0.15) is 34.4 Å². The smallest absolute Gasteiger partial charge is 0.235 e. The molecular formula is C28H25NOS. The quantitative estimate of drug-likeness (QED) is 0.368. The topological polar surface area (TPSA) is 29.1 Å². The van der Waals surface area contributed by atoms with Gasteiger partial charge < -0.3 is 5.32 Å². The van der Waals surface area contributed by atoms with Crippen LogP contribution in [0.15, 0.2) is 96.4 Å². The number of amides is 1. The maximum absolute atomic E-state index is 13.9. The largest absolute Gasteiger partial charge is 0.350 e. The van der Waals surface area contributed by atoms with Crippen molar-refractivity contribution in [3.63, 3.8) is 0 Å². The zero-order valence-corrected chi connectivity index (χ0v) is 18.2. The molecule has 0 saturated carbocycles. The lowest BCUT2D eigenvalue weighted by molar-refractivity contribution is -0.125. The van der Waals surface area contributed by atoms with Crippen LogP contribution in [0.3, 0.4) is 0 Å². The van der Waals surface area contributed by atoms with Crippen molar-refractivity contribution in [3.05, 3.63) is 118 Å². The van der Waals surface area contributed by atoms with Gasteiger partial charge in [-0.2, -0.15) is 0 Å². The highest BCUT2D eigenvalue weighted by Crippen LogP contribution is 2.51. The van der Waals surface area contributed by atoms with Gasteiger partial charge in [0.1, 0.15) is 5.41 Å². The molecule has 0 fully saturated rings. The molecule has 0 bridgehead atoms. The van der Waals surface area contributed by atoms with E-state index in [9.17, 15) is 4.79 Å². The summed E-state index contributed by atoms with van der Waals surface area (Å²) in [4.78, 5) is 15.1. The van der Waals surface area contributed by atoms with Crippen LogP contribution < -0.4 is 5.32 Å². The van der Waals surface area contributed by atoms with Gasteiger partial charge in [-0.05, 0) is 58.5 Å². The van der Waals surface area contributed by atoms with Crippen molar-refractivity contribution in [2.45, 2.75) is 31.2 Å². The number of benzene rings is 3. The first-order chi connectivity index (χ1) is 15.3. The first-order valence-corrected chi connectivity index (χ1v) is 11.7. The molecule has 0 unspecified atom stereocenters. The molecule has 1 heterocycles. The molecule has 0 saturated heterocycles. The van der Waals surface area contributed by atoms with Gasteiger partial charge in [-0.1, -0.05) is 84.9 Å². The Hall–Kier alpha value is -3.17. The fourth-order valence-corrected chi connectivity index (χ4v) is 5.53. The third-order valence-corrected chi connectivity index (χ3v) is 7.19. The van der Waals surface area contributed by atoms with Crippen molar-refractivity contribution >= 4 is 17.2 Å². The molecule has 3 heteroatoms. The third-order valence-electron chi connectivity index (χ3n) is 6.31. The summed E-state index contributed by atoms with van der Waals surface area (Å²) in [5.74, 6) is 0.103. The van der Waals surface area contributed by atoms with Crippen molar-refractivity contribution in [1.82, 2.24) is 5.32 Å². The zero-order valence-electron chi connectivity index (χ0n) is 17.4. The number of carbonyl (C=O) groups excluding carboxylic acids is 1. The van der Waals surface area contributed by atoms with Crippen molar-refractivity contribution < 1.29 is 4.79 Å². The van der Waals surface area contributed by atoms with Gasteiger partial charge in [0.05, 0.1) is 6.54 Å². The summed E-state index contributed by atoms with van der Waals surface area (Å²) in [5.41, 5.74) is 5.30. The third kappa shape index (κ3) is 3.60. The first-order valence-electron chi connectivity index (χ1n) is 10.8. The zero-order chi connectivity index (χ0) is 21.1. The number of fused-ring (bicyclic) bond motifs is 3. The summed E-state index contributed by atoms with van der Waals surface area (Å²) in [7, 11) is 0.